The zero-order valence-electron chi connectivity index (χ0n) is 13.3. The number of rotatable bonds is 7. The topological polar surface area (TPSA) is 77.2 Å². The summed E-state index contributed by atoms with van der Waals surface area (Å²) < 4.78 is 0. The maximum Gasteiger partial charge on any atom is 0.314 e. The number of aromatic amines is 1. The molecule has 0 aliphatic heterocycles. The fourth-order valence-electron chi connectivity index (χ4n) is 2.47. The van der Waals surface area contributed by atoms with Crippen molar-refractivity contribution in [2.45, 2.75) is 26.7 Å². The Hall–Kier alpha value is -2.01. The van der Waals surface area contributed by atoms with Crippen molar-refractivity contribution in [3.05, 3.63) is 35.5 Å². The van der Waals surface area contributed by atoms with E-state index in [2.05, 4.69) is 40.7 Å². The lowest BCUT2D eigenvalue weighted by molar-refractivity contribution is 0.234. The third-order valence-electron chi connectivity index (χ3n) is 3.84. The maximum atomic E-state index is 11.7. The minimum Gasteiger partial charge on any atom is -0.396 e. The third kappa shape index (κ3) is 4.49. The quantitative estimate of drug-likeness (QED) is 0.633. The van der Waals surface area contributed by atoms with Gasteiger partial charge in [0, 0.05) is 36.8 Å². The molecule has 1 heterocycles. The summed E-state index contributed by atoms with van der Waals surface area (Å²) in [5.74, 6) is 0.285. The Balaban J connectivity index is 1.77. The van der Waals surface area contributed by atoms with Crippen molar-refractivity contribution in [3.8, 4) is 0 Å². The van der Waals surface area contributed by atoms with Crippen molar-refractivity contribution in [2.24, 2.45) is 5.92 Å². The van der Waals surface area contributed by atoms with Gasteiger partial charge in [0.1, 0.15) is 0 Å². The summed E-state index contributed by atoms with van der Waals surface area (Å²) in [6.07, 6.45) is 3.50. The minimum atomic E-state index is -0.152. The number of benzene rings is 1. The van der Waals surface area contributed by atoms with Gasteiger partial charge in [0.2, 0.25) is 0 Å². The Labute approximate surface area is 131 Å². The number of aryl methyl sites for hydroxylation is 1. The van der Waals surface area contributed by atoms with E-state index in [9.17, 15) is 4.79 Å². The van der Waals surface area contributed by atoms with Gasteiger partial charge >= 0.3 is 6.03 Å². The maximum absolute atomic E-state index is 11.7. The first-order chi connectivity index (χ1) is 10.6. The van der Waals surface area contributed by atoms with Gasteiger partial charge in [0.25, 0.3) is 0 Å². The number of nitrogens with one attached hydrogen (secondary N) is 3. The summed E-state index contributed by atoms with van der Waals surface area (Å²) in [5, 5.41) is 15.7. The lowest BCUT2D eigenvalue weighted by Gasteiger charge is -2.12. The van der Waals surface area contributed by atoms with E-state index in [0.29, 0.717) is 19.5 Å². The first kappa shape index (κ1) is 16.4. The normalized spacial score (nSPS) is 12.3. The van der Waals surface area contributed by atoms with Gasteiger partial charge in [-0.15, -0.1) is 0 Å². The highest BCUT2D eigenvalue weighted by atomic mass is 16.3. The number of aliphatic hydroxyl groups is 1. The van der Waals surface area contributed by atoms with Gasteiger partial charge in [-0.3, -0.25) is 0 Å². The van der Waals surface area contributed by atoms with Crippen LogP contribution in [-0.4, -0.2) is 35.8 Å². The lowest BCUT2D eigenvalue weighted by Crippen LogP contribution is -2.38. The van der Waals surface area contributed by atoms with E-state index < -0.39 is 0 Å². The van der Waals surface area contributed by atoms with E-state index >= 15 is 0 Å². The van der Waals surface area contributed by atoms with Crippen molar-refractivity contribution in [1.82, 2.24) is 15.6 Å². The van der Waals surface area contributed by atoms with E-state index in [0.717, 1.165) is 11.9 Å². The van der Waals surface area contributed by atoms with E-state index in [4.69, 9.17) is 5.11 Å². The van der Waals surface area contributed by atoms with Crippen LogP contribution in [-0.2, 0) is 6.42 Å². The number of fused-ring (bicyclic) bond motifs is 1. The summed E-state index contributed by atoms with van der Waals surface area (Å²) in [6, 6.07) is 6.19. The highest BCUT2D eigenvalue weighted by Crippen LogP contribution is 2.19. The molecule has 0 saturated heterocycles. The van der Waals surface area contributed by atoms with E-state index in [-0.39, 0.29) is 18.6 Å². The van der Waals surface area contributed by atoms with Crippen molar-refractivity contribution < 1.29 is 9.90 Å². The van der Waals surface area contributed by atoms with Crippen molar-refractivity contribution in [2.75, 3.05) is 19.7 Å². The fourth-order valence-corrected chi connectivity index (χ4v) is 2.47. The molecule has 22 heavy (non-hydrogen) atoms. The van der Waals surface area contributed by atoms with Crippen LogP contribution < -0.4 is 10.6 Å². The Morgan fingerprint density at radius 2 is 2.18 bits per heavy atom. The molecule has 0 bridgehead atoms. The molecule has 0 fully saturated rings. The highest BCUT2D eigenvalue weighted by molar-refractivity contribution is 5.83. The Bertz CT molecular complexity index is 621. The molecule has 0 radical (unpaired) electrons. The Morgan fingerprint density at radius 3 is 2.95 bits per heavy atom. The summed E-state index contributed by atoms with van der Waals surface area (Å²) in [4.78, 5) is 15.0. The first-order valence-corrected chi connectivity index (χ1v) is 7.79. The number of aliphatic hydroxyl groups excluding tert-OH is 1. The molecule has 0 saturated carbocycles. The molecule has 0 spiro atoms. The molecule has 4 N–H and O–H groups in total. The second-order valence-electron chi connectivity index (χ2n) is 5.87. The molecular formula is C17H25N3O2. The highest BCUT2D eigenvalue weighted by Gasteiger charge is 2.06. The molecule has 1 unspecified atom stereocenters. The van der Waals surface area contributed by atoms with Crippen LogP contribution in [0.3, 0.4) is 0 Å². The van der Waals surface area contributed by atoms with Gasteiger partial charge in [-0.25, -0.2) is 4.79 Å². The van der Waals surface area contributed by atoms with Gasteiger partial charge in [-0.05, 0) is 42.9 Å². The van der Waals surface area contributed by atoms with Gasteiger partial charge < -0.3 is 20.7 Å². The number of hydrogen-bond acceptors (Lipinski definition) is 2. The predicted molar refractivity (Wildman–Crippen MR) is 89.0 cm³/mol. The zero-order valence-corrected chi connectivity index (χ0v) is 13.3. The van der Waals surface area contributed by atoms with Crippen LogP contribution in [0.25, 0.3) is 10.9 Å². The molecule has 1 aromatic heterocycles. The van der Waals surface area contributed by atoms with Crippen LogP contribution >= 0.6 is 0 Å². The second kappa shape index (κ2) is 7.84. The van der Waals surface area contributed by atoms with Crippen LogP contribution in [0.5, 0.6) is 0 Å². The predicted octanol–water partition coefficient (Wildman–Crippen LogP) is 2.34. The first-order valence-electron chi connectivity index (χ1n) is 7.79. The molecule has 5 heteroatoms. The number of urea groups is 1. The average Bonchev–Trinajstić information content (AvgIpc) is 2.88. The average molecular weight is 303 g/mol. The zero-order chi connectivity index (χ0) is 15.9. The smallest absolute Gasteiger partial charge is 0.314 e. The molecule has 2 rings (SSSR count). The minimum absolute atomic E-state index is 0.152. The number of carbonyl (C=O) groups excluding carboxylic acids is 1. The number of carbonyl (C=O) groups is 1. The van der Waals surface area contributed by atoms with Crippen LogP contribution in [0.4, 0.5) is 4.79 Å². The number of aromatic nitrogens is 1. The monoisotopic (exact) mass is 303 g/mol. The third-order valence-corrected chi connectivity index (χ3v) is 3.84. The van der Waals surface area contributed by atoms with Gasteiger partial charge in [-0.2, -0.15) is 0 Å². The fraction of sp³-hybridized carbons (Fsp3) is 0.471. The molecule has 0 aliphatic rings. The largest absolute Gasteiger partial charge is 0.396 e. The molecule has 5 nitrogen and oxygen atoms in total. The summed E-state index contributed by atoms with van der Waals surface area (Å²) in [5.41, 5.74) is 3.58. The standard InChI is InChI=1S/C17H25N3O2/c1-12-3-4-15-14(11-19-16(15)9-12)5-7-18-17(22)20-10-13(2)6-8-21/h3-4,9,11,13,19,21H,5-8,10H2,1-2H3,(H2,18,20,22). The van der Waals surface area contributed by atoms with Crippen LogP contribution in [0.15, 0.2) is 24.4 Å². The van der Waals surface area contributed by atoms with Crippen LogP contribution in [0.2, 0.25) is 0 Å². The van der Waals surface area contributed by atoms with Crippen molar-refractivity contribution in [1.29, 1.82) is 0 Å². The molecule has 0 aliphatic carbocycles. The summed E-state index contributed by atoms with van der Waals surface area (Å²) in [6.45, 7) is 5.42. The molecule has 2 amide bonds. The van der Waals surface area contributed by atoms with Gasteiger partial charge in [-0.1, -0.05) is 19.1 Å². The van der Waals surface area contributed by atoms with Crippen LogP contribution in [0.1, 0.15) is 24.5 Å². The van der Waals surface area contributed by atoms with E-state index in [1.54, 1.807) is 0 Å². The lowest BCUT2D eigenvalue weighted by atomic mass is 10.1. The van der Waals surface area contributed by atoms with Gasteiger partial charge in [0.15, 0.2) is 0 Å². The second-order valence-corrected chi connectivity index (χ2v) is 5.87. The number of H-pyrrole nitrogens is 1. The van der Waals surface area contributed by atoms with Gasteiger partial charge in [0.05, 0.1) is 0 Å². The van der Waals surface area contributed by atoms with Crippen molar-refractivity contribution >= 4 is 16.9 Å². The molecular weight excluding hydrogens is 278 g/mol. The number of hydrogen-bond donors (Lipinski definition) is 4. The molecule has 2 aromatic rings. The number of amides is 2. The van der Waals surface area contributed by atoms with E-state index in [1.807, 2.05) is 13.1 Å². The molecule has 1 aromatic carbocycles. The van der Waals surface area contributed by atoms with Crippen molar-refractivity contribution in [3.63, 3.8) is 0 Å². The summed E-state index contributed by atoms with van der Waals surface area (Å²) >= 11 is 0. The Morgan fingerprint density at radius 1 is 1.36 bits per heavy atom. The molecule has 1 atom stereocenters. The Kier molecular flexibility index (Phi) is 5.83. The molecule has 120 valence electrons. The van der Waals surface area contributed by atoms with E-state index in [1.165, 1.54) is 16.5 Å². The summed E-state index contributed by atoms with van der Waals surface area (Å²) in [7, 11) is 0. The van der Waals surface area contributed by atoms with Crippen LogP contribution in [0, 0.1) is 12.8 Å². The SMILES string of the molecule is Cc1ccc2c(CCNC(=O)NCC(C)CCO)c[nH]c2c1.